The molecule has 1 atom stereocenters. The highest BCUT2D eigenvalue weighted by Crippen LogP contribution is 2.34. The summed E-state index contributed by atoms with van der Waals surface area (Å²) in [6, 6.07) is 0.317. The Morgan fingerprint density at radius 1 is 1.35 bits per heavy atom. The molecule has 102 valence electrons. The molecular weight excluding hydrogens is 214 g/mol. The van der Waals surface area contributed by atoms with Gasteiger partial charge < -0.3 is 15.2 Å². The van der Waals surface area contributed by atoms with E-state index >= 15 is 0 Å². The van der Waals surface area contributed by atoms with Gasteiger partial charge in [-0.05, 0) is 58.8 Å². The van der Waals surface area contributed by atoms with E-state index < -0.39 is 0 Å². The monoisotopic (exact) mass is 243 g/mol. The largest absolute Gasteiger partial charge is 0.379 e. The van der Waals surface area contributed by atoms with Gasteiger partial charge in [0.15, 0.2) is 0 Å². The summed E-state index contributed by atoms with van der Waals surface area (Å²) in [6.45, 7) is 7.14. The van der Waals surface area contributed by atoms with Crippen LogP contribution in [0, 0.1) is 5.92 Å². The van der Waals surface area contributed by atoms with E-state index in [4.69, 9.17) is 15.2 Å². The molecule has 3 nitrogen and oxygen atoms in total. The number of hydrogen-bond donors (Lipinski definition) is 1. The molecule has 0 amide bonds. The minimum atomic E-state index is -0.0366. The van der Waals surface area contributed by atoms with Crippen LogP contribution in [0.5, 0.6) is 0 Å². The fourth-order valence-electron chi connectivity index (χ4n) is 2.42. The molecule has 0 aliphatic heterocycles. The minimum Gasteiger partial charge on any atom is -0.379 e. The zero-order chi connectivity index (χ0) is 12.9. The summed E-state index contributed by atoms with van der Waals surface area (Å²) in [5.74, 6) is 0.784. The third-order valence-electron chi connectivity index (χ3n) is 3.90. The highest BCUT2D eigenvalue weighted by Gasteiger charge is 2.30. The molecule has 1 rings (SSSR count). The first kappa shape index (κ1) is 14.9. The second kappa shape index (κ2) is 6.72. The Morgan fingerprint density at radius 3 is 2.53 bits per heavy atom. The second-order valence-electron chi connectivity index (χ2n) is 5.91. The van der Waals surface area contributed by atoms with Crippen LogP contribution >= 0.6 is 0 Å². The molecule has 1 fully saturated rings. The fraction of sp³-hybridized carbons (Fsp3) is 1.00. The normalized spacial score (nSPS) is 26.6. The Balaban J connectivity index is 2.08. The van der Waals surface area contributed by atoms with Crippen LogP contribution in [0.3, 0.4) is 0 Å². The summed E-state index contributed by atoms with van der Waals surface area (Å²) >= 11 is 0. The summed E-state index contributed by atoms with van der Waals surface area (Å²) in [5.41, 5.74) is 6.13. The quantitative estimate of drug-likeness (QED) is 0.713. The molecule has 0 saturated heterocycles. The van der Waals surface area contributed by atoms with Crippen molar-refractivity contribution in [3.8, 4) is 0 Å². The first-order valence-corrected chi connectivity index (χ1v) is 6.89. The van der Waals surface area contributed by atoms with Gasteiger partial charge in [-0.15, -0.1) is 0 Å². The summed E-state index contributed by atoms with van der Waals surface area (Å²) in [5, 5.41) is 0. The lowest BCUT2D eigenvalue weighted by atomic mass is 9.77. The van der Waals surface area contributed by atoms with Gasteiger partial charge in [0.05, 0.1) is 11.7 Å². The van der Waals surface area contributed by atoms with Gasteiger partial charge >= 0.3 is 0 Å². The van der Waals surface area contributed by atoms with Gasteiger partial charge in [0, 0.05) is 19.8 Å². The van der Waals surface area contributed by atoms with E-state index in [1.165, 1.54) is 12.8 Å². The van der Waals surface area contributed by atoms with Crippen molar-refractivity contribution in [1.29, 1.82) is 0 Å². The van der Waals surface area contributed by atoms with Crippen LogP contribution in [0.2, 0.25) is 0 Å². The minimum absolute atomic E-state index is 0.0366. The fourth-order valence-corrected chi connectivity index (χ4v) is 2.42. The van der Waals surface area contributed by atoms with Gasteiger partial charge in [-0.2, -0.15) is 0 Å². The highest BCUT2D eigenvalue weighted by molar-refractivity contribution is 4.84. The Bertz CT molecular complexity index is 212. The van der Waals surface area contributed by atoms with Crippen molar-refractivity contribution in [2.75, 3.05) is 13.7 Å². The van der Waals surface area contributed by atoms with Crippen LogP contribution in [-0.4, -0.2) is 31.5 Å². The van der Waals surface area contributed by atoms with E-state index in [1.54, 1.807) is 7.11 Å². The average Bonchev–Trinajstić information content (AvgIpc) is 2.24. The third-order valence-corrected chi connectivity index (χ3v) is 3.90. The summed E-state index contributed by atoms with van der Waals surface area (Å²) in [4.78, 5) is 0. The lowest BCUT2D eigenvalue weighted by Crippen LogP contribution is -2.36. The van der Waals surface area contributed by atoms with E-state index in [0.717, 1.165) is 31.8 Å². The van der Waals surface area contributed by atoms with Crippen LogP contribution in [-0.2, 0) is 9.47 Å². The van der Waals surface area contributed by atoms with Gasteiger partial charge in [-0.1, -0.05) is 0 Å². The van der Waals surface area contributed by atoms with Crippen molar-refractivity contribution in [1.82, 2.24) is 0 Å². The molecule has 1 unspecified atom stereocenters. The van der Waals surface area contributed by atoms with Crippen LogP contribution in [0.25, 0.3) is 0 Å². The molecule has 0 aromatic heterocycles. The zero-order valence-corrected chi connectivity index (χ0v) is 11.9. The van der Waals surface area contributed by atoms with Gasteiger partial charge in [0.1, 0.15) is 0 Å². The van der Waals surface area contributed by atoms with Crippen LogP contribution < -0.4 is 5.73 Å². The Labute approximate surface area is 106 Å². The van der Waals surface area contributed by atoms with E-state index in [2.05, 4.69) is 20.8 Å². The number of nitrogens with two attached hydrogens (primary N) is 1. The maximum Gasteiger partial charge on any atom is 0.0623 e. The van der Waals surface area contributed by atoms with Gasteiger partial charge in [-0.3, -0.25) is 0 Å². The number of rotatable bonds is 8. The van der Waals surface area contributed by atoms with Crippen LogP contribution in [0.15, 0.2) is 0 Å². The Morgan fingerprint density at radius 2 is 2.00 bits per heavy atom. The smallest absolute Gasteiger partial charge is 0.0623 e. The summed E-state index contributed by atoms with van der Waals surface area (Å²) in [6.07, 6.45) is 6.14. The molecule has 3 heteroatoms. The van der Waals surface area contributed by atoms with Crippen molar-refractivity contribution in [3.05, 3.63) is 0 Å². The van der Waals surface area contributed by atoms with Crippen molar-refractivity contribution in [2.24, 2.45) is 11.7 Å². The molecule has 1 aliphatic rings. The molecule has 17 heavy (non-hydrogen) atoms. The van der Waals surface area contributed by atoms with Crippen LogP contribution in [0.4, 0.5) is 0 Å². The Kier molecular flexibility index (Phi) is 5.90. The zero-order valence-electron chi connectivity index (χ0n) is 11.9. The standard InChI is InChI=1S/C14H29NO2/c1-5-17-13-9-11(10-13)8-12(15)6-7-14(2,3)16-4/h11-13H,5-10,15H2,1-4H3. The van der Waals surface area contributed by atoms with Crippen molar-refractivity contribution < 1.29 is 9.47 Å². The molecule has 0 aromatic rings. The first-order valence-electron chi connectivity index (χ1n) is 6.89. The molecule has 2 N–H and O–H groups in total. The van der Waals surface area contributed by atoms with Crippen molar-refractivity contribution in [2.45, 2.75) is 70.6 Å². The number of methoxy groups -OCH3 is 1. The Hall–Kier alpha value is -0.120. The molecular formula is C14H29NO2. The highest BCUT2D eigenvalue weighted by atomic mass is 16.5. The molecule has 1 aliphatic carbocycles. The number of ether oxygens (including phenoxy) is 2. The lowest BCUT2D eigenvalue weighted by molar-refractivity contribution is -0.0296. The summed E-state index contributed by atoms with van der Waals surface area (Å²) < 4.78 is 11.0. The molecule has 0 aromatic carbocycles. The van der Waals surface area contributed by atoms with Gasteiger partial charge in [0.25, 0.3) is 0 Å². The predicted octanol–water partition coefficient (Wildman–Crippen LogP) is 2.72. The molecule has 0 heterocycles. The first-order chi connectivity index (χ1) is 7.96. The van der Waals surface area contributed by atoms with Crippen molar-refractivity contribution in [3.63, 3.8) is 0 Å². The van der Waals surface area contributed by atoms with E-state index in [-0.39, 0.29) is 5.60 Å². The third kappa shape index (κ3) is 5.36. The van der Waals surface area contributed by atoms with Gasteiger partial charge in [0.2, 0.25) is 0 Å². The van der Waals surface area contributed by atoms with Crippen LogP contribution in [0.1, 0.15) is 52.9 Å². The maximum atomic E-state index is 6.17. The molecule has 0 spiro atoms. The van der Waals surface area contributed by atoms with E-state index in [1.807, 2.05) is 0 Å². The second-order valence-corrected chi connectivity index (χ2v) is 5.91. The number of hydrogen-bond acceptors (Lipinski definition) is 3. The van der Waals surface area contributed by atoms with Crippen molar-refractivity contribution >= 4 is 0 Å². The topological polar surface area (TPSA) is 44.5 Å². The summed E-state index contributed by atoms with van der Waals surface area (Å²) in [7, 11) is 1.77. The predicted molar refractivity (Wildman–Crippen MR) is 71.1 cm³/mol. The molecule has 0 radical (unpaired) electrons. The molecule has 1 saturated carbocycles. The van der Waals surface area contributed by atoms with Gasteiger partial charge in [-0.25, -0.2) is 0 Å². The van der Waals surface area contributed by atoms with E-state index in [9.17, 15) is 0 Å². The molecule has 0 bridgehead atoms. The maximum absolute atomic E-state index is 6.17. The average molecular weight is 243 g/mol. The lowest BCUT2D eigenvalue weighted by Gasteiger charge is -2.36. The van der Waals surface area contributed by atoms with E-state index in [0.29, 0.717) is 12.1 Å². The SMILES string of the molecule is CCOC1CC(CC(N)CCC(C)(C)OC)C1.